The Hall–Kier alpha value is -2.13. The highest BCUT2D eigenvalue weighted by atomic mass is 35.5. The summed E-state index contributed by atoms with van der Waals surface area (Å²) in [5.74, 6) is 1.37. The van der Waals surface area contributed by atoms with Crippen molar-refractivity contribution in [1.29, 1.82) is 0 Å². The number of halogens is 1. The SMILES string of the molecule is Cc1occc1-c1nc(Cl)c(C)c(-c2ccccc2)n1. The second-order valence-corrected chi connectivity index (χ2v) is 4.93. The zero-order valence-corrected chi connectivity index (χ0v) is 12.0. The molecule has 0 fully saturated rings. The predicted molar refractivity (Wildman–Crippen MR) is 79.7 cm³/mol. The highest BCUT2D eigenvalue weighted by Gasteiger charge is 2.14. The maximum atomic E-state index is 6.26. The van der Waals surface area contributed by atoms with Gasteiger partial charge in [-0.25, -0.2) is 9.97 Å². The molecule has 0 aliphatic rings. The lowest BCUT2D eigenvalue weighted by atomic mass is 10.1. The number of aryl methyl sites for hydroxylation is 1. The van der Waals surface area contributed by atoms with E-state index in [9.17, 15) is 0 Å². The Balaban J connectivity index is 2.21. The van der Waals surface area contributed by atoms with Crippen LogP contribution in [0.1, 0.15) is 11.3 Å². The zero-order chi connectivity index (χ0) is 14.1. The standard InChI is InChI=1S/C16H13ClN2O/c1-10-14(12-6-4-3-5-7-12)18-16(19-15(10)17)13-8-9-20-11(13)2/h3-9H,1-2H3. The van der Waals surface area contributed by atoms with Crippen molar-refractivity contribution in [2.75, 3.05) is 0 Å². The molecular formula is C16H13ClN2O. The Bertz CT molecular complexity index is 750. The van der Waals surface area contributed by atoms with E-state index in [0.717, 1.165) is 28.1 Å². The van der Waals surface area contributed by atoms with Gasteiger partial charge in [-0.15, -0.1) is 0 Å². The van der Waals surface area contributed by atoms with Crippen LogP contribution >= 0.6 is 11.6 Å². The first kappa shape index (κ1) is 12.9. The first-order valence-corrected chi connectivity index (χ1v) is 6.68. The minimum Gasteiger partial charge on any atom is -0.469 e. The lowest BCUT2D eigenvalue weighted by Gasteiger charge is -2.09. The smallest absolute Gasteiger partial charge is 0.164 e. The molecule has 0 bridgehead atoms. The molecule has 1 aromatic carbocycles. The Morgan fingerprint density at radius 2 is 1.75 bits per heavy atom. The molecule has 2 aromatic heterocycles. The molecule has 0 aliphatic carbocycles. The van der Waals surface area contributed by atoms with E-state index in [2.05, 4.69) is 9.97 Å². The summed E-state index contributed by atoms with van der Waals surface area (Å²) in [6.07, 6.45) is 1.63. The molecule has 0 unspecified atom stereocenters. The Morgan fingerprint density at radius 3 is 2.40 bits per heavy atom. The zero-order valence-electron chi connectivity index (χ0n) is 11.2. The number of furan rings is 1. The van der Waals surface area contributed by atoms with Gasteiger partial charge in [0.25, 0.3) is 0 Å². The maximum absolute atomic E-state index is 6.26. The fraction of sp³-hybridized carbons (Fsp3) is 0.125. The Kier molecular flexibility index (Phi) is 3.28. The third kappa shape index (κ3) is 2.21. The molecule has 0 saturated heterocycles. The largest absolute Gasteiger partial charge is 0.469 e. The lowest BCUT2D eigenvalue weighted by Crippen LogP contribution is -1.97. The van der Waals surface area contributed by atoms with Crippen molar-refractivity contribution in [2.45, 2.75) is 13.8 Å². The summed E-state index contributed by atoms with van der Waals surface area (Å²) in [5, 5.41) is 0.467. The van der Waals surface area contributed by atoms with Crippen LogP contribution in [0.2, 0.25) is 5.15 Å². The van der Waals surface area contributed by atoms with Crippen LogP contribution in [0.25, 0.3) is 22.6 Å². The summed E-state index contributed by atoms with van der Waals surface area (Å²) >= 11 is 6.26. The van der Waals surface area contributed by atoms with Gasteiger partial charge < -0.3 is 4.42 Å². The molecular weight excluding hydrogens is 272 g/mol. The minimum atomic E-state index is 0.467. The summed E-state index contributed by atoms with van der Waals surface area (Å²) in [7, 11) is 0. The monoisotopic (exact) mass is 284 g/mol. The van der Waals surface area contributed by atoms with Gasteiger partial charge in [-0.2, -0.15) is 0 Å². The van der Waals surface area contributed by atoms with Crippen LogP contribution in [0.5, 0.6) is 0 Å². The number of aromatic nitrogens is 2. The normalized spacial score (nSPS) is 10.8. The lowest BCUT2D eigenvalue weighted by molar-refractivity contribution is 0.535. The fourth-order valence-corrected chi connectivity index (χ4v) is 2.27. The number of benzene rings is 1. The van der Waals surface area contributed by atoms with Crippen LogP contribution in [0.4, 0.5) is 0 Å². The van der Waals surface area contributed by atoms with Gasteiger partial charge in [-0.1, -0.05) is 41.9 Å². The fourth-order valence-electron chi connectivity index (χ4n) is 2.10. The van der Waals surface area contributed by atoms with Crippen molar-refractivity contribution >= 4 is 11.6 Å². The molecule has 0 N–H and O–H groups in total. The van der Waals surface area contributed by atoms with Crippen molar-refractivity contribution in [3.8, 4) is 22.6 Å². The third-order valence-corrected chi connectivity index (χ3v) is 3.60. The molecule has 0 saturated carbocycles. The van der Waals surface area contributed by atoms with Crippen molar-refractivity contribution in [3.05, 3.63) is 59.1 Å². The van der Waals surface area contributed by atoms with Crippen LogP contribution in [-0.2, 0) is 0 Å². The van der Waals surface area contributed by atoms with Gasteiger partial charge in [0, 0.05) is 11.1 Å². The second kappa shape index (κ2) is 5.10. The molecule has 0 amide bonds. The van der Waals surface area contributed by atoms with E-state index in [-0.39, 0.29) is 0 Å². The summed E-state index contributed by atoms with van der Waals surface area (Å²) in [5.41, 5.74) is 3.62. The molecule has 2 heterocycles. The molecule has 0 spiro atoms. The van der Waals surface area contributed by atoms with E-state index in [0.29, 0.717) is 11.0 Å². The summed E-state index contributed by atoms with van der Waals surface area (Å²) in [6, 6.07) is 11.8. The van der Waals surface area contributed by atoms with E-state index < -0.39 is 0 Å². The maximum Gasteiger partial charge on any atom is 0.164 e. The quantitative estimate of drug-likeness (QED) is 0.642. The van der Waals surface area contributed by atoms with Gasteiger partial charge in [0.2, 0.25) is 0 Å². The third-order valence-electron chi connectivity index (χ3n) is 3.23. The topological polar surface area (TPSA) is 38.9 Å². The van der Waals surface area contributed by atoms with Gasteiger partial charge in [0.05, 0.1) is 17.5 Å². The molecule has 0 radical (unpaired) electrons. The molecule has 3 nitrogen and oxygen atoms in total. The number of hydrogen-bond donors (Lipinski definition) is 0. The molecule has 4 heteroatoms. The summed E-state index contributed by atoms with van der Waals surface area (Å²) in [6.45, 7) is 3.81. The van der Waals surface area contributed by atoms with Crippen LogP contribution in [0.3, 0.4) is 0 Å². The van der Waals surface area contributed by atoms with Gasteiger partial charge in [-0.3, -0.25) is 0 Å². The molecule has 100 valence electrons. The first-order chi connectivity index (χ1) is 9.66. The van der Waals surface area contributed by atoms with E-state index in [1.807, 2.05) is 50.2 Å². The minimum absolute atomic E-state index is 0.467. The van der Waals surface area contributed by atoms with E-state index in [4.69, 9.17) is 16.0 Å². The van der Waals surface area contributed by atoms with Crippen molar-refractivity contribution < 1.29 is 4.42 Å². The average Bonchev–Trinajstić information content (AvgIpc) is 2.89. The molecule has 3 aromatic rings. The van der Waals surface area contributed by atoms with Crippen LogP contribution in [0.15, 0.2) is 47.1 Å². The van der Waals surface area contributed by atoms with E-state index >= 15 is 0 Å². The highest BCUT2D eigenvalue weighted by Crippen LogP contribution is 2.30. The highest BCUT2D eigenvalue weighted by molar-refractivity contribution is 6.30. The Labute approximate surface area is 122 Å². The summed E-state index contributed by atoms with van der Waals surface area (Å²) < 4.78 is 5.31. The molecule has 0 aliphatic heterocycles. The first-order valence-electron chi connectivity index (χ1n) is 6.31. The van der Waals surface area contributed by atoms with Crippen molar-refractivity contribution in [3.63, 3.8) is 0 Å². The van der Waals surface area contributed by atoms with Crippen LogP contribution < -0.4 is 0 Å². The Morgan fingerprint density at radius 1 is 1.00 bits per heavy atom. The molecule has 3 rings (SSSR count). The summed E-state index contributed by atoms with van der Waals surface area (Å²) in [4.78, 5) is 9.01. The predicted octanol–water partition coefficient (Wildman–Crippen LogP) is 4.67. The van der Waals surface area contributed by atoms with Crippen LogP contribution in [-0.4, -0.2) is 9.97 Å². The van der Waals surface area contributed by atoms with Crippen LogP contribution in [0, 0.1) is 13.8 Å². The van der Waals surface area contributed by atoms with E-state index in [1.54, 1.807) is 6.26 Å². The van der Waals surface area contributed by atoms with Gasteiger partial charge in [0.1, 0.15) is 10.9 Å². The van der Waals surface area contributed by atoms with Gasteiger partial charge in [-0.05, 0) is 19.9 Å². The number of rotatable bonds is 2. The number of nitrogens with zero attached hydrogens (tertiary/aromatic N) is 2. The van der Waals surface area contributed by atoms with Crippen molar-refractivity contribution in [2.24, 2.45) is 0 Å². The van der Waals surface area contributed by atoms with Crippen molar-refractivity contribution in [1.82, 2.24) is 9.97 Å². The second-order valence-electron chi connectivity index (χ2n) is 4.57. The van der Waals surface area contributed by atoms with Gasteiger partial charge >= 0.3 is 0 Å². The molecule has 20 heavy (non-hydrogen) atoms. The van der Waals surface area contributed by atoms with Gasteiger partial charge in [0.15, 0.2) is 5.82 Å². The number of hydrogen-bond acceptors (Lipinski definition) is 3. The molecule has 0 atom stereocenters. The average molecular weight is 285 g/mol. The van der Waals surface area contributed by atoms with E-state index in [1.165, 1.54) is 0 Å².